The van der Waals surface area contributed by atoms with Crippen LogP contribution in [0, 0.1) is 11.8 Å². The first-order chi connectivity index (χ1) is 22.5. The van der Waals surface area contributed by atoms with Gasteiger partial charge >= 0.3 is 9.05 Å². The Labute approximate surface area is 287 Å². The fourth-order valence-electron chi connectivity index (χ4n) is 5.00. The van der Waals surface area contributed by atoms with Gasteiger partial charge in [-0.15, -0.1) is 13.2 Å². The number of hydrogen-bond donors (Lipinski definition) is 0. The summed E-state index contributed by atoms with van der Waals surface area (Å²) in [6.45, 7) is 21.7. The Morgan fingerprint density at radius 2 is 1.04 bits per heavy atom. The molecule has 0 aliphatic heterocycles. The van der Waals surface area contributed by atoms with E-state index in [1.165, 1.54) is 11.1 Å². The van der Waals surface area contributed by atoms with Crippen LogP contribution in [0.15, 0.2) is 85.0 Å². The van der Waals surface area contributed by atoms with E-state index < -0.39 is 9.05 Å². The van der Waals surface area contributed by atoms with Crippen LogP contribution in [0.2, 0.25) is 0 Å². The lowest BCUT2D eigenvalue weighted by Gasteiger charge is -2.30. The molecule has 0 N–H and O–H groups in total. The zero-order valence-electron chi connectivity index (χ0n) is 30.4. The van der Waals surface area contributed by atoms with E-state index >= 15 is 0 Å². The van der Waals surface area contributed by atoms with Crippen LogP contribution in [0.1, 0.15) is 91.2 Å². The molecule has 0 amide bonds. The smallest absolute Gasteiger partial charge is 0.493 e. The Balaban J connectivity index is 2.48. The van der Waals surface area contributed by atoms with Crippen molar-refractivity contribution in [1.82, 2.24) is 0 Å². The Morgan fingerprint density at radius 3 is 1.38 bits per heavy atom. The predicted molar refractivity (Wildman–Crippen MR) is 198 cm³/mol. The van der Waals surface area contributed by atoms with Crippen LogP contribution in [0.4, 0.5) is 0 Å². The average molecular weight is 665 g/mol. The van der Waals surface area contributed by atoms with Crippen molar-refractivity contribution in [3.8, 4) is 23.0 Å². The van der Waals surface area contributed by atoms with Crippen molar-refractivity contribution in [2.45, 2.75) is 92.9 Å². The molecule has 260 valence electrons. The molecule has 2 unspecified atom stereocenters. The highest BCUT2D eigenvalue weighted by Crippen LogP contribution is 2.36. The van der Waals surface area contributed by atoms with Crippen LogP contribution in [-0.2, 0) is 21.7 Å². The molecule has 47 heavy (non-hydrogen) atoms. The highest BCUT2D eigenvalue weighted by Gasteiger charge is 2.53. The molecule has 0 heterocycles. The van der Waals surface area contributed by atoms with E-state index in [1.54, 1.807) is 14.2 Å². The normalized spacial score (nSPS) is 12.4. The van der Waals surface area contributed by atoms with Crippen molar-refractivity contribution >= 4 is 9.05 Å². The predicted octanol–water partition coefficient (Wildman–Crippen LogP) is 10.6. The van der Waals surface area contributed by atoms with Crippen LogP contribution in [0.3, 0.4) is 0 Å². The third-order valence-electron chi connectivity index (χ3n) is 7.89. The lowest BCUT2D eigenvalue weighted by atomic mass is 10.0. The molecule has 0 aromatic heterocycles. The fourth-order valence-corrected chi connectivity index (χ4v) is 6.97. The number of rotatable bonds is 24. The largest absolute Gasteiger partial charge is 0.821 e. The first-order valence-corrected chi connectivity index (χ1v) is 18.7. The molecule has 0 radical (unpaired) electrons. The summed E-state index contributed by atoms with van der Waals surface area (Å²) in [6, 6.07) is 11.7. The van der Waals surface area contributed by atoms with E-state index in [1.807, 2.05) is 48.6 Å². The molecule has 0 spiro atoms. The summed E-state index contributed by atoms with van der Waals surface area (Å²) >= 11 is 0. The van der Waals surface area contributed by atoms with Crippen molar-refractivity contribution in [1.29, 1.82) is 0 Å². The van der Waals surface area contributed by atoms with E-state index in [0.29, 0.717) is 60.9 Å². The number of methoxy groups -OCH3 is 2. The highest BCUT2D eigenvalue weighted by molar-refractivity contribution is 6.55. The Hall–Kier alpha value is -3.26. The molecular formula is C40H60O6Si. The van der Waals surface area contributed by atoms with Crippen LogP contribution in [0.25, 0.3) is 0 Å². The second-order valence-corrected chi connectivity index (χ2v) is 14.8. The van der Waals surface area contributed by atoms with Gasteiger partial charge in [0.15, 0.2) is 23.0 Å². The average Bonchev–Trinajstić information content (AvgIpc) is 3.02. The molecule has 2 atom stereocenters. The maximum absolute atomic E-state index is 6.76. The summed E-state index contributed by atoms with van der Waals surface area (Å²) in [5.41, 5.74) is 4.81. The van der Waals surface area contributed by atoms with Gasteiger partial charge in [0.25, 0.3) is 0 Å². The first-order valence-electron chi connectivity index (χ1n) is 17.0. The van der Waals surface area contributed by atoms with Crippen LogP contribution >= 0.6 is 0 Å². The van der Waals surface area contributed by atoms with Crippen LogP contribution in [-0.4, -0.2) is 36.5 Å². The molecule has 2 rings (SSSR count). The molecule has 0 saturated heterocycles. The number of ether oxygens (including phenoxy) is 2. The SMILES string of the molecule is C=CCc1ccc(O[Si](OCCC(C)CCC=C(C)C)(OCCC(C)CCC=C(C)C)Oc2ccc(CC=C)cc2OC)c(OC)c1. The van der Waals surface area contributed by atoms with Gasteiger partial charge in [0, 0.05) is 13.2 Å². The van der Waals surface area contributed by atoms with Gasteiger partial charge in [0.2, 0.25) is 0 Å². The minimum absolute atomic E-state index is 0.423. The van der Waals surface area contributed by atoms with Gasteiger partial charge < -0.3 is 27.2 Å². The maximum atomic E-state index is 6.76. The Kier molecular flexibility index (Phi) is 18.3. The highest BCUT2D eigenvalue weighted by atomic mass is 28.4. The van der Waals surface area contributed by atoms with Crippen molar-refractivity contribution < 1.29 is 27.2 Å². The lowest BCUT2D eigenvalue weighted by Crippen LogP contribution is -2.55. The molecule has 2 aromatic carbocycles. The minimum atomic E-state index is -3.90. The number of benzene rings is 2. The second-order valence-electron chi connectivity index (χ2n) is 12.9. The molecule has 0 aliphatic rings. The van der Waals surface area contributed by atoms with E-state index in [0.717, 1.165) is 49.7 Å². The summed E-state index contributed by atoms with van der Waals surface area (Å²) in [5.74, 6) is 3.07. The van der Waals surface area contributed by atoms with Crippen molar-refractivity contribution in [3.63, 3.8) is 0 Å². The topological polar surface area (TPSA) is 55.4 Å². The van der Waals surface area contributed by atoms with Crippen LogP contribution in [0.5, 0.6) is 23.0 Å². The van der Waals surface area contributed by atoms with Gasteiger partial charge in [-0.1, -0.05) is 61.4 Å². The summed E-state index contributed by atoms with van der Waals surface area (Å²) in [4.78, 5) is 0. The third kappa shape index (κ3) is 15.0. The first kappa shape index (κ1) is 39.9. The van der Waals surface area contributed by atoms with Gasteiger partial charge in [0.1, 0.15) is 0 Å². The van der Waals surface area contributed by atoms with E-state index in [9.17, 15) is 0 Å². The van der Waals surface area contributed by atoms with E-state index in [2.05, 4.69) is 66.9 Å². The molecule has 6 nitrogen and oxygen atoms in total. The lowest BCUT2D eigenvalue weighted by molar-refractivity contribution is 0.0323. The second kappa shape index (κ2) is 21.6. The Bertz CT molecular complexity index is 1190. The summed E-state index contributed by atoms with van der Waals surface area (Å²) in [6.07, 6.45) is 15.6. The zero-order valence-corrected chi connectivity index (χ0v) is 31.4. The monoisotopic (exact) mass is 664 g/mol. The molecular weight excluding hydrogens is 605 g/mol. The van der Waals surface area contributed by atoms with Gasteiger partial charge in [-0.25, -0.2) is 0 Å². The van der Waals surface area contributed by atoms with Gasteiger partial charge in [-0.05, 0) is 126 Å². The third-order valence-corrected chi connectivity index (χ3v) is 9.94. The van der Waals surface area contributed by atoms with E-state index in [4.69, 9.17) is 27.2 Å². The number of allylic oxidation sites excluding steroid dienone is 6. The summed E-state index contributed by atoms with van der Waals surface area (Å²) in [7, 11) is -0.632. The minimum Gasteiger partial charge on any atom is -0.493 e. The number of hydrogen-bond acceptors (Lipinski definition) is 6. The summed E-state index contributed by atoms with van der Waals surface area (Å²) < 4.78 is 38.5. The molecule has 7 heteroatoms. The molecule has 0 fully saturated rings. The molecule has 0 bridgehead atoms. The van der Waals surface area contributed by atoms with Gasteiger partial charge in [-0.2, -0.15) is 0 Å². The molecule has 0 saturated carbocycles. The van der Waals surface area contributed by atoms with Crippen LogP contribution < -0.4 is 18.3 Å². The molecule has 2 aromatic rings. The van der Waals surface area contributed by atoms with Crippen molar-refractivity contribution in [2.24, 2.45) is 11.8 Å². The van der Waals surface area contributed by atoms with E-state index in [-0.39, 0.29) is 0 Å². The quantitative estimate of drug-likeness (QED) is 0.0822. The fraction of sp³-hybridized carbons (Fsp3) is 0.500. The van der Waals surface area contributed by atoms with Gasteiger partial charge in [0.05, 0.1) is 14.2 Å². The maximum Gasteiger partial charge on any atom is 0.821 e. The van der Waals surface area contributed by atoms with Crippen molar-refractivity contribution in [2.75, 3.05) is 27.4 Å². The molecule has 0 aliphatic carbocycles. The zero-order chi connectivity index (χ0) is 34.7. The summed E-state index contributed by atoms with van der Waals surface area (Å²) in [5, 5.41) is 0. The van der Waals surface area contributed by atoms with Gasteiger partial charge in [-0.3, -0.25) is 0 Å². The standard InChI is InChI=1S/C40H60O6Si/c1-11-15-35-21-23-37(39(29-35)41-9)45-47(43-27-25-33(7)19-13-17-31(3)4,44-28-26-34(8)20-14-18-32(5)6)46-38-24-22-36(16-12-2)30-40(38)42-10/h11-12,17-18,21-24,29-30,33-34H,1-2,13-16,19-20,25-28H2,3-10H3. The van der Waals surface area contributed by atoms with Crippen molar-refractivity contribution in [3.05, 3.63) is 96.1 Å². The Morgan fingerprint density at radius 1 is 0.638 bits per heavy atom.